The van der Waals surface area contributed by atoms with Crippen LogP contribution in [-0.2, 0) is 4.79 Å². The van der Waals surface area contributed by atoms with Crippen LogP contribution in [-0.4, -0.2) is 28.2 Å². The third-order valence-electron chi connectivity index (χ3n) is 9.74. The van der Waals surface area contributed by atoms with Crippen LogP contribution in [0, 0.1) is 40.4 Å². The highest BCUT2D eigenvalue weighted by Crippen LogP contribution is 2.67. The Kier molecular flexibility index (Phi) is 4.59. The summed E-state index contributed by atoms with van der Waals surface area (Å²) in [4.78, 5) is 12.5. The standard InChI is InChI=1S/C23H38O3/c1-21(26)11-12-22(2)15(13-21)7-8-16-17-5-4-6-19(20(25)14-24)23(17,3)10-9-18(16)22/h15-19,24,26H,4-14H2,1-3H3/t15-,16-,17-,18-,19+,21+,22-,23-/m0/s1. The molecular formula is C23H38O3. The molecule has 26 heavy (non-hydrogen) atoms. The van der Waals surface area contributed by atoms with Gasteiger partial charge in [-0.15, -0.1) is 0 Å². The highest BCUT2D eigenvalue weighted by molar-refractivity contribution is 5.83. The Morgan fingerprint density at radius 2 is 1.65 bits per heavy atom. The number of hydrogen-bond acceptors (Lipinski definition) is 3. The van der Waals surface area contributed by atoms with Gasteiger partial charge in [0.05, 0.1) is 5.60 Å². The molecular weight excluding hydrogens is 324 g/mol. The molecule has 0 unspecified atom stereocenters. The summed E-state index contributed by atoms with van der Waals surface area (Å²) in [6, 6.07) is 0. The summed E-state index contributed by atoms with van der Waals surface area (Å²) in [6.07, 6.45) is 11.4. The van der Waals surface area contributed by atoms with Gasteiger partial charge in [0, 0.05) is 5.92 Å². The largest absolute Gasteiger partial charge is 0.390 e. The quantitative estimate of drug-likeness (QED) is 0.768. The van der Waals surface area contributed by atoms with E-state index in [2.05, 4.69) is 13.8 Å². The second-order valence-corrected chi connectivity index (χ2v) is 11.0. The zero-order valence-corrected chi connectivity index (χ0v) is 17.0. The first-order valence-electron chi connectivity index (χ1n) is 11.1. The Balaban J connectivity index is 1.61. The van der Waals surface area contributed by atoms with E-state index in [0.29, 0.717) is 17.3 Å². The van der Waals surface area contributed by atoms with Gasteiger partial charge in [0.2, 0.25) is 0 Å². The molecule has 0 aromatic rings. The minimum atomic E-state index is -0.469. The van der Waals surface area contributed by atoms with Crippen LogP contribution in [0.3, 0.4) is 0 Å². The summed E-state index contributed by atoms with van der Waals surface area (Å²) in [6.45, 7) is 6.63. The third kappa shape index (κ3) is 2.71. The maximum Gasteiger partial charge on any atom is 0.161 e. The van der Waals surface area contributed by atoms with E-state index < -0.39 is 5.60 Å². The van der Waals surface area contributed by atoms with E-state index in [1.807, 2.05) is 6.92 Å². The number of fused-ring (bicyclic) bond motifs is 5. The van der Waals surface area contributed by atoms with Crippen LogP contribution in [0.4, 0.5) is 0 Å². The molecule has 0 radical (unpaired) electrons. The zero-order chi connectivity index (χ0) is 18.7. The highest BCUT2D eigenvalue weighted by atomic mass is 16.3. The van der Waals surface area contributed by atoms with Crippen molar-refractivity contribution in [3.8, 4) is 0 Å². The van der Waals surface area contributed by atoms with E-state index in [1.54, 1.807) is 0 Å². The number of Topliss-reactive ketones (excluding diaryl/α,β-unsaturated/α-hetero) is 1. The summed E-state index contributed by atoms with van der Waals surface area (Å²) < 4.78 is 0. The average molecular weight is 363 g/mol. The van der Waals surface area contributed by atoms with Gasteiger partial charge in [0.15, 0.2) is 5.78 Å². The third-order valence-corrected chi connectivity index (χ3v) is 9.74. The Bertz CT molecular complexity index is 570. The molecule has 0 aliphatic heterocycles. The molecule has 0 amide bonds. The molecule has 4 aliphatic carbocycles. The first-order chi connectivity index (χ1) is 12.2. The summed E-state index contributed by atoms with van der Waals surface area (Å²) in [5, 5.41) is 20.1. The zero-order valence-electron chi connectivity index (χ0n) is 17.0. The van der Waals surface area contributed by atoms with Crippen molar-refractivity contribution in [2.75, 3.05) is 6.61 Å². The second kappa shape index (κ2) is 6.30. The predicted molar refractivity (Wildman–Crippen MR) is 103 cm³/mol. The maximum atomic E-state index is 12.5. The molecule has 4 aliphatic rings. The average Bonchev–Trinajstić information content (AvgIpc) is 2.60. The molecule has 0 bridgehead atoms. The number of ketones is 1. The Hall–Kier alpha value is -0.410. The summed E-state index contributed by atoms with van der Waals surface area (Å²) >= 11 is 0. The predicted octanol–water partition coefficient (Wildman–Crippen LogP) is 4.35. The molecule has 3 nitrogen and oxygen atoms in total. The minimum absolute atomic E-state index is 0.0739. The molecule has 0 spiro atoms. The maximum absolute atomic E-state index is 12.5. The molecule has 0 saturated heterocycles. The van der Waals surface area contributed by atoms with Crippen molar-refractivity contribution in [1.82, 2.24) is 0 Å². The van der Waals surface area contributed by atoms with Crippen molar-refractivity contribution < 1.29 is 15.0 Å². The van der Waals surface area contributed by atoms with Gasteiger partial charge in [-0.25, -0.2) is 0 Å². The molecule has 8 atom stereocenters. The lowest BCUT2D eigenvalue weighted by Crippen LogP contribution is -2.58. The molecule has 3 heteroatoms. The Labute approximate surface area is 158 Å². The SMILES string of the molecule is C[C@@]1(O)CC[C@@]2(C)[C@@H](CC[C@@H]3[C@@H]2CC[C@]2(C)[C@@H](C(=O)CO)CCC[C@@H]32)C1. The van der Waals surface area contributed by atoms with E-state index >= 15 is 0 Å². The Morgan fingerprint density at radius 3 is 2.38 bits per heavy atom. The van der Waals surface area contributed by atoms with Gasteiger partial charge in [-0.1, -0.05) is 20.3 Å². The molecule has 0 aromatic carbocycles. The van der Waals surface area contributed by atoms with Gasteiger partial charge in [-0.2, -0.15) is 0 Å². The number of aliphatic hydroxyl groups is 2. The van der Waals surface area contributed by atoms with Crippen LogP contribution in [0.1, 0.15) is 85.0 Å². The van der Waals surface area contributed by atoms with Crippen molar-refractivity contribution in [3.05, 3.63) is 0 Å². The minimum Gasteiger partial charge on any atom is -0.390 e. The molecule has 4 fully saturated rings. The van der Waals surface area contributed by atoms with Crippen LogP contribution in [0.5, 0.6) is 0 Å². The number of carbonyl (C=O) groups is 1. The summed E-state index contributed by atoms with van der Waals surface area (Å²) in [7, 11) is 0. The van der Waals surface area contributed by atoms with Crippen LogP contribution in [0.2, 0.25) is 0 Å². The highest BCUT2D eigenvalue weighted by Gasteiger charge is 2.60. The van der Waals surface area contributed by atoms with Crippen molar-refractivity contribution in [2.45, 2.75) is 90.6 Å². The van der Waals surface area contributed by atoms with E-state index in [-0.39, 0.29) is 23.7 Å². The van der Waals surface area contributed by atoms with E-state index in [1.165, 1.54) is 25.7 Å². The topological polar surface area (TPSA) is 57.5 Å². The number of aliphatic hydroxyl groups excluding tert-OH is 1. The summed E-state index contributed by atoms with van der Waals surface area (Å²) in [5.74, 6) is 2.98. The lowest BCUT2D eigenvalue weighted by molar-refractivity contribution is -0.169. The van der Waals surface area contributed by atoms with Crippen LogP contribution in [0.15, 0.2) is 0 Å². The first-order valence-corrected chi connectivity index (χ1v) is 11.1. The molecule has 2 N–H and O–H groups in total. The fourth-order valence-corrected chi connectivity index (χ4v) is 8.27. The van der Waals surface area contributed by atoms with Gasteiger partial charge in [-0.05, 0) is 99.2 Å². The van der Waals surface area contributed by atoms with Gasteiger partial charge in [0.25, 0.3) is 0 Å². The molecule has 4 rings (SSSR count). The normalized spacial score (nSPS) is 54.0. The fourth-order valence-electron chi connectivity index (χ4n) is 8.27. The fraction of sp³-hybridized carbons (Fsp3) is 0.957. The smallest absolute Gasteiger partial charge is 0.161 e. The molecule has 4 saturated carbocycles. The van der Waals surface area contributed by atoms with Crippen molar-refractivity contribution in [2.24, 2.45) is 40.4 Å². The van der Waals surface area contributed by atoms with E-state index in [4.69, 9.17) is 0 Å². The number of hydrogen-bond donors (Lipinski definition) is 2. The second-order valence-electron chi connectivity index (χ2n) is 11.0. The lowest BCUT2D eigenvalue weighted by Gasteiger charge is -2.64. The summed E-state index contributed by atoms with van der Waals surface area (Å²) in [5.41, 5.74) is 0.00663. The lowest BCUT2D eigenvalue weighted by atomic mass is 9.41. The van der Waals surface area contributed by atoms with E-state index in [0.717, 1.165) is 50.4 Å². The molecule has 0 aromatic heterocycles. The first kappa shape index (κ1) is 18.9. The number of rotatable bonds is 2. The van der Waals surface area contributed by atoms with Crippen LogP contribution >= 0.6 is 0 Å². The Morgan fingerprint density at radius 1 is 0.923 bits per heavy atom. The van der Waals surface area contributed by atoms with Crippen molar-refractivity contribution in [3.63, 3.8) is 0 Å². The van der Waals surface area contributed by atoms with Gasteiger partial charge in [-0.3, -0.25) is 4.79 Å². The van der Waals surface area contributed by atoms with Crippen molar-refractivity contribution >= 4 is 5.78 Å². The van der Waals surface area contributed by atoms with Gasteiger partial charge in [0.1, 0.15) is 6.61 Å². The van der Waals surface area contributed by atoms with E-state index in [9.17, 15) is 15.0 Å². The number of carbonyl (C=O) groups excluding carboxylic acids is 1. The van der Waals surface area contributed by atoms with Crippen LogP contribution < -0.4 is 0 Å². The van der Waals surface area contributed by atoms with Gasteiger partial charge >= 0.3 is 0 Å². The monoisotopic (exact) mass is 362 g/mol. The molecule has 148 valence electrons. The van der Waals surface area contributed by atoms with Gasteiger partial charge < -0.3 is 10.2 Å². The molecule has 0 heterocycles. The van der Waals surface area contributed by atoms with Crippen molar-refractivity contribution in [1.29, 1.82) is 0 Å². The van der Waals surface area contributed by atoms with Crippen LogP contribution in [0.25, 0.3) is 0 Å².